The van der Waals surface area contributed by atoms with Crippen molar-refractivity contribution in [3.05, 3.63) is 59.2 Å². The highest BCUT2D eigenvalue weighted by atomic mass is 35.5. The molecule has 9 nitrogen and oxygen atoms in total. The summed E-state index contributed by atoms with van der Waals surface area (Å²) in [6.07, 6.45) is 2.25. The van der Waals surface area contributed by atoms with E-state index in [4.69, 9.17) is 11.6 Å². The molecule has 0 radical (unpaired) electrons. The maximum absolute atomic E-state index is 12.2. The van der Waals surface area contributed by atoms with Gasteiger partial charge in [-0.15, -0.1) is 0 Å². The van der Waals surface area contributed by atoms with Gasteiger partial charge < -0.3 is 20.4 Å². The van der Waals surface area contributed by atoms with E-state index in [-0.39, 0.29) is 5.75 Å². The van der Waals surface area contributed by atoms with Crippen LogP contribution < -0.4 is 20.3 Å². The van der Waals surface area contributed by atoms with Crippen LogP contribution >= 0.6 is 11.6 Å². The first-order valence-electron chi connectivity index (χ1n) is 11.9. The van der Waals surface area contributed by atoms with Crippen LogP contribution in [0.25, 0.3) is 0 Å². The van der Waals surface area contributed by atoms with Crippen molar-refractivity contribution in [2.24, 2.45) is 0 Å². The summed E-state index contributed by atoms with van der Waals surface area (Å²) in [5.41, 5.74) is 3.91. The average molecular weight is 530 g/mol. The second-order valence-electron chi connectivity index (χ2n) is 8.93. The van der Waals surface area contributed by atoms with Gasteiger partial charge in [-0.2, -0.15) is 4.98 Å². The number of nitrogens with one attached hydrogen (secondary N) is 3. The van der Waals surface area contributed by atoms with Crippen molar-refractivity contribution in [2.45, 2.75) is 20.3 Å². The highest BCUT2D eigenvalue weighted by Gasteiger charge is 2.15. The van der Waals surface area contributed by atoms with Crippen LogP contribution in [0.4, 0.5) is 34.5 Å². The number of hydrogen-bond donors (Lipinski definition) is 3. The minimum absolute atomic E-state index is 0.0252. The molecule has 4 rings (SSSR count). The minimum atomic E-state index is -3.46. The zero-order valence-electron chi connectivity index (χ0n) is 20.8. The first-order chi connectivity index (χ1) is 17.2. The molecule has 1 saturated heterocycles. The average Bonchev–Trinajstić information content (AvgIpc) is 2.84. The number of nitrogens with zero attached hydrogens (tertiary/aromatic N) is 4. The Morgan fingerprint density at radius 3 is 2.39 bits per heavy atom. The highest BCUT2D eigenvalue weighted by molar-refractivity contribution is 7.92. The summed E-state index contributed by atoms with van der Waals surface area (Å²) in [5, 5.41) is 6.82. The van der Waals surface area contributed by atoms with Crippen molar-refractivity contribution in [3.8, 4) is 0 Å². The summed E-state index contributed by atoms with van der Waals surface area (Å²) in [4.78, 5) is 13.7. The Morgan fingerprint density at radius 1 is 1.00 bits per heavy atom. The molecule has 0 atom stereocenters. The van der Waals surface area contributed by atoms with Crippen LogP contribution in [0, 0.1) is 6.92 Å². The van der Waals surface area contributed by atoms with Crippen molar-refractivity contribution < 1.29 is 8.42 Å². The van der Waals surface area contributed by atoms with Gasteiger partial charge in [-0.1, -0.05) is 18.5 Å². The van der Waals surface area contributed by atoms with Crippen LogP contribution in [0.5, 0.6) is 0 Å². The van der Waals surface area contributed by atoms with Gasteiger partial charge in [0.05, 0.1) is 16.5 Å². The summed E-state index contributed by atoms with van der Waals surface area (Å²) in [7, 11) is -1.31. The Bertz CT molecular complexity index is 1290. The van der Waals surface area contributed by atoms with E-state index in [9.17, 15) is 8.42 Å². The van der Waals surface area contributed by atoms with E-state index in [1.165, 1.54) is 5.69 Å². The number of sulfonamides is 1. The predicted octanol–water partition coefficient (Wildman–Crippen LogP) is 4.83. The van der Waals surface area contributed by atoms with Gasteiger partial charge in [0.2, 0.25) is 16.0 Å². The number of anilines is 6. The lowest BCUT2D eigenvalue weighted by Crippen LogP contribution is -2.44. The van der Waals surface area contributed by atoms with Gasteiger partial charge in [-0.25, -0.2) is 13.4 Å². The Labute approximate surface area is 217 Å². The monoisotopic (exact) mass is 529 g/mol. The summed E-state index contributed by atoms with van der Waals surface area (Å²) in [6, 6.07) is 13.3. The summed E-state index contributed by atoms with van der Waals surface area (Å²) in [6.45, 7) is 7.87. The number of likely N-dealkylation sites (N-methyl/N-ethyl adjacent to an activating group) is 1. The number of aryl methyl sites for hydroxylation is 1. The largest absolute Gasteiger partial charge is 0.369 e. The lowest BCUT2D eigenvalue weighted by atomic mass is 10.2. The third-order valence-electron chi connectivity index (χ3n) is 5.93. The lowest BCUT2D eigenvalue weighted by molar-refractivity contribution is 0.313. The quantitative estimate of drug-likeness (QED) is 0.362. The van der Waals surface area contributed by atoms with Crippen LogP contribution in [-0.2, 0) is 10.0 Å². The van der Waals surface area contributed by atoms with Crippen molar-refractivity contribution in [1.29, 1.82) is 0 Å². The maximum Gasteiger partial charge on any atom is 0.232 e. The van der Waals surface area contributed by atoms with E-state index in [0.29, 0.717) is 34.6 Å². The number of aromatic nitrogens is 2. The van der Waals surface area contributed by atoms with Crippen LogP contribution in [0.2, 0.25) is 5.02 Å². The predicted molar refractivity (Wildman–Crippen MR) is 149 cm³/mol. The molecule has 2 heterocycles. The van der Waals surface area contributed by atoms with Gasteiger partial charge in [-0.05, 0) is 62.9 Å². The maximum atomic E-state index is 12.2. The van der Waals surface area contributed by atoms with Gasteiger partial charge in [0.1, 0.15) is 5.82 Å². The molecule has 0 unspecified atom stereocenters. The molecule has 192 valence electrons. The highest BCUT2D eigenvalue weighted by Crippen LogP contribution is 2.29. The third-order valence-corrected chi connectivity index (χ3v) is 7.74. The first-order valence-corrected chi connectivity index (χ1v) is 14.0. The van der Waals surface area contributed by atoms with E-state index in [2.05, 4.69) is 54.3 Å². The topological polar surface area (TPSA) is 102 Å². The Kier molecular flexibility index (Phi) is 8.17. The van der Waals surface area contributed by atoms with Crippen LogP contribution in [-0.4, -0.2) is 62.3 Å². The Morgan fingerprint density at radius 2 is 1.69 bits per heavy atom. The van der Waals surface area contributed by atoms with Gasteiger partial charge in [0.15, 0.2) is 0 Å². The number of piperazine rings is 1. The Balaban J connectivity index is 1.46. The molecule has 2 aromatic carbocycles. The molecule has 1 aliphatic heterocycles. The molecule has 1 aliphatic rings. The fraction of sp³-hybridized carbons (Fsp3) is 0.360. The standard InChI is InChI=1S/C25H32ClN7O2S/c1-4-15-36(34,35)31-23-16-20(7-10-22(23)26)28-24-18(2)17-27-25(30-24)29-19-5-8-21(9-6-19)33-13-11-32(3)12-14-33/h5-10,16-17,31H,4,11-15H2,1-3H3,(H2,27,28,29,30). The molecule has 3 N–H and O–H groups in total. The lowest BCUT2D eigenvalue weighted by Gasteiger charge is -2.34. The van der Waals surface area contributed by atoms with E-state index in [1.807, 2.05) is 26.0 Å². The molecule has 0 spiro atoms. The fourth-order valence-corrected chi connectivity index (χ4v) is 5.25. The number of hydrogen-bond acceptors (Lipinski definition) is 8. The summed E-state index contributed by atoms with van der Waals surface area (Å²) < 4.78 is 26.9. The molecule has 1 aromatic heterocycles. The minimum Gasteiger partial charge on any atom is -0.369 e. The second-order valence-corrected chi connectivity index (χ2v) is 11.2. The van der Waals surface area contributed by atoms with E-state index in [1.54, 1.807) is 24.4 Å². The molecule has 11 heteroatoms. The van der Waals surface area contributed by atoms with E-state index >= 15 is 0 Å². The molecule has 0 amide bonds. The molecule has 1 fully saturated rings. The third kappa shape index (κ3) is 6.77. The number of halogens is 1. The van der Waals surface area contributed by atoms with E-state index < -0.39 is 10.0 Å². The smallest absolute Gasteiger partial charge is 0.232 e. The van der Waals surface area contributed by atoms with Crippen LogP contribution in [0.15, 0.2) is 48.7 Å². The van der Waals surface area contributed by atoms with Gasteiger partial charge in [0, 0.05) is 55.0 Å². The van der Waals surface area contributed by atoms with Gasteiger partial charge in [-0.3, -0.25) is 4.72 Å². The molecular formula is C25H32ClN7O2S. The summed E-state index contributed by atoms with van der Waals surface area (Å²) >= 11 is 6.22. The van der Waals surface area contributed by atoms with E-state index in [0.717, 1.165) is 37.4 Å². The number of benzene rings is 2. The molecular weight excluding hydrogens is 498 g/mol. The van der Waals surface area contributed by atoms with Crippen LogP contribution in [0.3, 0.4) is 0 Å². The molecule has 0 saturated carbocycles. The summed E-state index contributed by atoms with van der Waals surface area (Å²) in [5.74, 6) is 1.08. The zero-order chi connectivity index (χ0) is 25.7. The van der Waals surface area contributed by atoms with Crippen molar-refractivity contribution in [2.75, 3.05) is 59.2 Å². The second kappa shape index (κ2) is 11.3. The zero-order valence-corrected chi connectivity index (χ0v) is 22.3. The number of rotatable bonds is 9. The Hall–Kier alpha value is -3.08. The van der Waals surface area contributed by atoms with Crippen LogP contribution in [0.1, 0.15) is 18.9 Å². The molecule has 0 aliphatic carbocycles. The molecule has 0 bridgehead atoms. The first kappa shape index (κ1) is 26.0. The molecule has 3 aromatic rings. The van der Waals surface area contributed by atoms with Crippen molar-refractivity contribution >= 4 is 56.1 Å². The van der Waals surface area contributed by atoms with Crippen molar-refractivity contribution in [1.82, 2.24) is 14.9 Å². The normalized spacial score (nSPS) is 14.5. The SMILES string of the molecule is CCCS(=O)(=O)Nc1cc(Nc2nc(Nc3ccc(N4CCN(C)CC4)cc3)ncc2C)ccc1Cl. The van der Waals surface area contributed by atoms with Crippen molar-refractivity contribution in [3.63, 3.8) is 0 Å². The van der Waals surface area contributed by atoms with Gasteiger partial charge >= 0.3 is 0 Å². The van der Waals surface area contributed by atoms with Gasteiger partial charge in [0.25, 0.3) is 0 Å². The molecule has 36 heavy (non-hydrogen) atoms. The fourth-order valence-electron chi connectivity index (χ4n) is 3.88.